The fourth-order valence-electron chi connectivity index (χ4n) is 2.75. The lowest BCUT2D eigenvalue weighted by Crippen LogP contribution is -2.33. The number of nitrogens with one attached hydrogen (secondary N) is 1. The number of aromatic nitrogens is 4. The molecule has 0 spiro atoms. The normalized spacial score (nSPS) is 25.7. The smallest absolute Gasteiger partial charge is 0.202 e. The predicted octanol–water partition coefficient (Wildman–Crippen LogP) is 0.753. The van der Waals surface area contributed by atoms with Crippen LogP contribution in [0.15, 0.2) is 23.6 Å². The van der Waals surface area contributed by atoms with Crippen LogP contribution in [-0.4, -0.2) is 66.3 Å². The van der Waals surface area contributed by atoms with Crippen molar-refractivity contribution in [3.8, 4) is 0 Å². The summed E-state index contributed by atoms with van der Waals surface area (Å²) in [5.74, 6) is 0.540. The lowest BCUT2D eigenvalue weighted by Gasteiger charge is -2.17. The summed E-state index contributed by atoms with van der Waals surface area (Å²) < 4.78 is 7.09. The number of hydrogen-bond donors (Lipinski definition) is 5. The van der Waals surface area contributed by atoms with Crippen LogP contribution in [0.3, 0.4) is 0 Å². The summed E-state index contributed by atoms with van der Waals surface area (Å²) in [6.07, 6.45) is -1.95. The third-order valence-electron chi connectivity index (χ3n) is 4.12. The zero-order chi connectivity index (χ0) is 18.8. The van der Waals surface area contributed by atoms with Crippen molar-refractivity contribution in [2.24, 2.45) is 0 Å². The van der Waals surface area contributed by atoms with Gasteiger partial charge in [-0.2, -0.15) is 0 Å². The summed E-state index contributed by atoms with van der Waals surface area (Å²) >= 11 is 4.16. The third-order valence-corrected chi connectivity index (χ3v) is 4.95. The van der Waals surface area contributed by atoms with E-state index < -0.39 is 31.1 Å². The quantitative estimate of drug-likeness (QED) is 0.198. The van der Waals surface area contributed by atoms with E-state index in [9.17, 15) is 15.3 Å². The molecule has 4 N–H and O–H groups in total. The molecule has 11 heteroatoms. The number of fused-ring (bicyclic) bond motifs is 1. The second-order valence-electron chi connectivity index (χ2n) is 6.13. The molecule has 0 unspecified atom stereocenters. The van der Waals surface area contributed by atoms with Crippen LogP contribution in [-0.2, 0) is 4.74 Å². The molecule has 26 heavy (non-hydrogen) atoms. The van der Waals surface area contributed by atoms with Crippen molar-refractivity contribution in [3.05, 3.63) is 18.5 Å². The van der Waals surface area contributed by atoms with E-state index in [4.69, 9.17) is 4.74 Å². The van der Waals surface area contributed by atoms with Gasteiger partial charge in [-0.1, -0.05) is 5.57 Å². The van der Waals surface area contributed by atoms with Gasteiger partial charge >= 0.3 is 0 Å². The molecule has 3 rings (SSSR count). The average Bonchev–Trinajstić information content (AvgIpc) is 3.16. The van der Waals surface area contributed by atoms with Gasteiger partial charge in [-0.25, -0.2) is 15.0 Å². The fourth-order valence-corrected chi connectivity index (χ4v) is 3.26. The first kappa shape index (κ1) is 19.4. The maximum atomic E-state index is 10.3. The molecule has 0 aromatic carbocycles. The molecule has 0 radical (unpaired) electrons. The lowest BCUT2D eigenvalue weighted by atomic mass is 10.1. The fraction of sp³-hybridized carbons (Fsp3) is 0.533. The zero-order valence-electron chi connectivity index (χ0n) is 14.1. The summed E-state index contributed by atoms with van der Waals surface area (Å²) in [7, 11) is 1.08. The number of ether oxygens (including phenoxy) is 1. The van der Waals surface area contributed by atoms with Gasteiger partial charge < -0.3 is 25.4 Å². The van der Waals surface area contributed by atoms with E-state index in [2.05, 4.69) is 38.5 Å². The van der Waals surface area contributed by atoms with E-state index in [1.807, 2.05) is 6.92 Å². The highest BCUT2D eigenvalue weighted by atomic mass is 33.1. The molecule has 142 valence electrons. The molecule has 0 saturated carbocycles. The van der Waals surface area contributed by atoms with Crippen LogP contribution in [0.4, 0.5) is 5.82 Å². The second-order valence-corrected chi connectivity index (χ2v) is 7.23. The van der Waals surface area contributed by atoms with E-state index in [0.717, 1.165) is 22.8 Å². The molecule has 3 heterocycles. The number of aliphatic hydroxyl groups is 3. The SMILES string of the molecule is C=C(C)CCNc1nc(SS)nc2c1ncn2[C@@H]1O[C@H](CO)[C@@H](O)[C@H]1O. The van der Waals surface area contributed by atoms with Gasteiger partial charge in [0.05, 0.1) is 12.9 Å². The molecule has 4 atom stereocenters. The Balaban J connectivity index is 1.96. The van der Waals surface area contributed by atoms with Crippen molar-refractivity contribution in [2.45, 2.75) is 43.0 Å². The number of aliphatic hydroxyl groups excluding tert-OH is 3. The van der Waals surface area contributed by atoms with Crippen molar-refractivity contribution in [1.29, 1.82) is 0 Å². The molecular formula is C15H21N5O4S2. The number of anilines is 1. The topological polar surface area (TPSA) is 126 Å². The van der Waals surface area contributed by atoms with Gasteiger partial charge in [0, 0.05) is 6.54 Å². The summed E-state index contributed by atoms with van der Waals surface area (Å²) in [6.45, 7) is 6.06. The third kappa shape index (κ3) is 3.68. The monoisotopic (exact) mass is 399 g/mol. The van der Waals surface area contributed by atoms with E-state index >= 15 is 0 Å². The van der Waals surface area contributed by atoms with Crippen molar-refractivity contribution in [1.82, 2.24) is 19.5 Å². The minimum Gasteiger partial charge on any atom is -0.394 e. The minimum absolute atomic E-state index is 0.401. The molecule has 1 fully saturated rings. The van der Waals surface area contributed by atoms with Gasteiger partial charge in [0.25, 0.3) is 0 Å². The zero-order valence-corrected chi connectivity index (χ0v) is 15.8. The van der Waals surface area contributed by atoms with Gasteiger partial charge in [0.2, 0.25) is 5.16 Å². The van der Waals surface area contributed by atoms with Crippen molar-refractivity contribution < 1.29 is 20.1 Å². The van der Waals surface area contributed by atoms with Crippen molar-refractivity contribution in [2.75, 3.05) is 18.5 Å². The summed E-state index contributed by atoms with van der Waals surface area (Å²) in [6, 6.07) is 0. The highest BCUT2D eigenvalue weighted by Gasteiger charge is 2.44. The Morgan fingerprint density at radius 1 is 1.42 bits per heavy atom. The van der Waals surface area contributed by atoms with Crippen LogP contribution < -0.4 is 5.32 Å². The van der Waals surface area contributed by atoms with Crippen LogP contribution in [0.1, 0.15) is 19.6 Å². The summed E-state index contributed by atoms with van der Waals surface area (Å²) in [5.41, 5.74) is 1.99. The summed E-state index contributed by atoms with van der Waals surface area (Å²) in [5, 5.41) is 33.1. The van der Waals surface area contributed by atoms with E-state index in [0.29, 0.717) is 28.7 Å². The van der Waals surface area contributed by atoms with Gasteiger partial charge in [0.15, 0.2) is 23.2 Å². The van der Waals surface area contributed by atoms with Gasteiger partial charge in [-0.3, -0.25) is 4.57 Å². The first-order chi connectivity index (χ1) is 12.5. The Kier molecular flexibility index (Phi) is 6.05. The molecule has 9 nitrogen and oxygen atoms in total. The van der Waals surface area contributed by atoms with Gasteiger partial charge in [0.1, 0.15) is 18.3 Å². The average molecular weight is 399 g/mol. The number of hydrogen-bond acceptors (Lipinski definition) is 10. The van der Waals surface area contributed by atoms with E-state index in [1.54, 1.807) is 0 Å². The largest absolute Gasteiger partial charge is 0.394 e. The second kappa shape index (κ2) is 8.11. The molecule has 2 aromatic rings. The Labute approximate surface area is 159 Å². The summed E-state index contributed by atoms with van der Waals surface area (Å²) in [4.78, 5) is 13.1. The van der Waals surface area contributed by atoms with Gasteiger partial charge in [-0.05, 0) is 24.1 Å². The lowest BCUT2D eigenvalue weighted by molar-refractivity contribution is -0.0511. The highest BCUT2D eigenvalue weighted by molar-refractivity contribution is 8.68. The molecule has 1 aliphatic heterocycles. The van der Waals surface area contributed by atoms with Crippen LogP contribution >= 0.6 is 22.5 Å². The van der Waals surface area contributed by atoms with Crippen LogP contribution in [0.2, 0.25) is 0 Å². The number of nitrogens with zero attached hydrogens (tertiary/aromatic N) is 4. The highest BCUT2D eigenvalue weighted by Crippen LogP contribution is 2.33. The Morgan fingerprint density at radius 3 is 2.81 bits per heavy atom. The first-order valence-corrected chi connectivity index (χ1v) is 9.89. The minimum atomic E-state index is -1.22. The maximum Gasteiger partial charge on any atom is 0.202 e. The predicted molar refractivity (Wildman–Crippen MR) is 101 cm³/mol. The van der Waals surface area contributed by atoms with Gasteiger partial charge in [-0.15, -0.1) is 18.2 Å². The maximum absolute atomic E-state index is 10.3. The molecular weight excluding hydrogens is 378 g/mol. The van der Waals surface area contributed by atoms with Crippen LogP contribution in [0, 0.1) is 0 Å². The van der Waals surface area contributed by atoms with E-state index in [1.165, 1.54) is 10.9 Å². The standard InChI is InChI=1S/C15H21N5O4S2/c1-7(2)3-4-16-12-9-13(19-15(18-12)26-25)20(6-17-9)14-11(23)10(22)8(5-21)24-14/h6,8,10-11,14,21-23,25H,1,3-5H2,2H3,(H,16,18,19)/t8-,10-,11-,14-/m1/s1. The molecule has 1 saturated heterocycles. The van der Waals surface area contributed by atoms with E-state index in [-0.39, 0.29) is 0 Å². The van der Waals surface area contributed by atoms with Crippen molar-refractivity contribution >= 4 is 39.4 Å². The van der Waals surface area contributed by atoms with Crippen LogP contribution in [0.5, 0.6) is 0 Å². The first-order valence-electron chi connectivity index (χ1n) is 8.03. The number of imidazole rings is 1. The Hall–Kier alpha value is -1.37. The molecule has 1 aliphatic rings. The van der Waals surface area contributed by atoms with Crippen LogP contribution in [0.25, 0.3) is 11.2 Å². The van der Waals surface area contributed by atoms with Crippen molar-refractivity contribution in [3.63, 3.8) is 0 Å². The molecule has 0 amide bonds. The molecule has 2 aromatic heterocycles. The number of thiol groups is 1. The molecule has 0 bridgehead atoms. The Morgan fingerprint density at radius 2 is 2.19 bits per heavy atom. The number of rotatable bonds is 7. The Bertz CT molecular complexity index is 802. The molecule has 0 aliphatic carbocycles.